The minimum absolute atomic E-state index is 0.127. The Balaban J connectivity index is 1.43. The Morgan fingerprint density at radius 1 is 1.19 bits per heavy atom. The molecule has 1 aliphatic carbocycles. The highest BCUT2D eigenvalue weighted by molar-refractivity contribution is 6.31. The quantitative estimate of drug-likeness (QED) is 0.271. The molecule has 1 amide bonds. The van der Waals surface area contributed by atoms with Crippen molar-refractivity contribution in [3.05, 3.63) is 82.3 Å². The molecule has 0 bridgehead atoms. The van der Waals surface area contributed by atoms with Crippen LogP contribution in [-0.2, 0) is 4.79 Å². The average Bonchev–Trinajstić information content (AvgIpc) is 3.52. The van der Waals surface area contributed by atoms with Gasteiger partial charge in [0.15, 0.2) is 6.20 Å². The lowest BCUT2D eigenvalue weighted by atomic mass is 9.95. The Bertz CT molecular complexity index is 1340. The highest BCUT2D eigenvalue weighted by Crippen LogP contribution is 2.39. The highest BCUT2D eigenvalue weighted by atomic mass is 35.5. The number of hydrazone groups is 1. The number of hydrazine groups is 2. The first-order valence-corrected chi connectivity index (χ1v) is 11.8. The van der Waals surface area contributed by atoms with E-state index >= 15 is 0 Å². The summed E-state index contributed by atoms with van der Waals surface area (Å²) in [5, 5.41) is 31.2. The summed E-state index contributed by atoms with van der Waals surface area (Å²) in [6, 6.07) is 14.7. The van der Waals surface area contributed by atoms with Gasteiger partial charge in [0.05, 0.1) is 11.3 Å². The normalized spacial score (nSPS) is 15.4. The Morgan fingerprint density at radius 2 is 1.97 bits per heavy atom. The average molecular weight is 507 g/mol. The Labute approximate surface area is 211 Å². The lowest BCUT2D eigenvalue weighted by Gasteiger charge is -2.19. The number of amides is 1. The van der Waals surface area contributed by atoms with Crippen molar-refractivity contribution < 1.29 is 19.4 Å². The van der Waals surface area contributed by atoms with Crippen molar-refractivity contribution in [2.45, 2.75) is 25.2 Å². The number of carboxylic acids is 1. The number of carbonyl (C=O) groups is 2. The Hall–Kier alpha value is -4.15. The van der Waals surface area contributed by atoms with Crippen LogP contribution in [0.3, 0.4) is 0 Å². The highest BCUT2D eigenvalue weighted by Gasteiger charge is 2.35. The molecule has 1 aliphatic heterocycles. The number of aromatic carboxylic acids is 1. The second kappa shape index (κ2) is 9.84. The maximum absolute atomic E-state index is 13.2. The molecule has 36 heavy (non-hydrogen) atoms. The van der Waals surface area contributed by atoms with Crippen molar-refractivity contribution in [3.63, 3.8) is 0 Å². The first-order chi connectivity index (χ1) is 17.4. The molecular weight excluding hydrogens is 484 g/mol. The van der Waals surface area contributed by atoms with Gasteiger partial charge in [0.2, 0.25) is 11.6 Å². The van der Waals surface area contributed by atoms with Crippen LogP contribution in [0.25, 0.3) is 11.1 Å². The standard InChI is InChI=1S/C25H23ClN6O4/c26-18-6-10-22(31-14-27-29-30-31)20(12-18)17-5-9-23(32(36)13-17)21(11-15-1-2-15)24(33)28-19-7-3-16(4-8-19)25(34)35/h3-10,12-15,21,29-30H,1-2,11H2,(H,28,33)(H,34,35). The van der Waals surface area contributed by atoms with E-state index in [-0.39, 0.29) is 11.5 Å². The van der Waals surface area contributed by atoms with Crippen molar-refractivity contribution in [3.8, 4) is 11.1 Å². The van der Waals surface area contributed by atoms with Crippen LogP contribution >= 0.6 is 11.6 Å². The molecule has 11 heteroatoms. The van der Waals surface area contributed by atoms with Gasteiger partial charge in [0.25, 0.3) is 0 Å². The van der Waals surface area contributed by atoms with Crippen molar-refractivity contribution in [2.24, 2.45) is 11.0 Å². The molecule has 0 spiro atoms. The zero-order chi connectivity index (χ0) is 25.2. The maximum Gasteiger partial charge on any atom is 0.335 e. The van der Waals surface area contributed by atoms with Gasteiger partial charge in [-0.25, -0.2) is 15.3 Å². The fourth-order valence-electron chi connectivity index (χ4n) is 4.17. The number of anilines is 2. The van der Waals surface area contributed by atoms with E-state index in [0.717, 1.165) is 23.3 Å². The molecule has 5 rings (SSSR count). The second-order valence-corrected chi connectivity index (χ2v) is 9.21. The minimum atomic E-state index is -1.04. The van der Waals surface area contributed by atoms with E-state index in [9.17, 15) is 14.8 Å². The molecule has 4 N–H and O–H groups in total. The lowest BCUT2D eigenvalue weighted by molar-refractivity contribution is -0.614. The molecule has 2 heterocycles. The lowest BCUT2D eigenvalue weighted by Crippen LogP contribution is -2.38. The smallest absolute Gasteiger partial charge is 0.335 e. The number of carboxylic acid groups (broad SMARTS) is 1. The number of pyridine rings is 1. The van der Waals surface area contributed by atoms with E-state index in [0.29, 0.717) is 39.9 Å². The predicted molar refractivity (Wildman–Crippen MR) is 135 cm³/mol. The van der Waals surface area contributed by atoms with Gasteiger partial charge in [0.1, 0.15) is 12.3 Å². The van der Waals surface area contributed by atoms with E-state index in [1.54, 1.807) is 35.6 Å². The number of carbonyl (C=O) groups excluding carboxylic acids is 1. The van der Waals surface area contributed by atoms with Crippen LogP contribution in [0.4, 0.5) is 11.4 Å². The third-order valence-electron chi connectivity index (χ3n) is 6.22. The summed E-state index contributed by atoms with van der Waals surface area (Å²) in [7, 11) is 0. The van der Waals surface area contributed by atoms with E-state index in [1.807, 2.05) is 6.07 Å². The van der Waals surface area contributed by atoms with E-state index in [4.69, 9.17) is 16.7 Å². The van der Waals surface area contributed by atoms with E-state index < -0.39 is 11.9 Å². The molecule has 2 aromatic carbocycles. The Kier molecular flexibility index (Phi) is 6.45. The molecule has 184 valence electrons. The number of aromatic nitrogens is 1. The van der Waals surface area contributed by atoms with Crippen molar-refractivity contribution >= 4 is 41.2 Å². The fraction of sp³-hybridized carbons (Fsp3) is 0.200. The van der Waals surface area contributed by atoms with Gasteiger partial charge >= 0.3 is 5.97 Å². The van der Waals surface area contributed by atoms with Crippen LogP contribution in [0.5, 0.6) is 0 Å². The molecular formula is C25H23ClN6O4. The maximum atomic E-state index is 13.2. The SMILES string of the molecule is O=C(O)c1ccc(NC(=O)C(CC2CC2)c2ccc(-c3cc(Cl)ccc3N3C=NNN3)c[n+]2[O-])cc1. The van der Waals surface area contributed by atoms with Crippen LogP contribution in [0.2, 0.25) is 5.02 Å². The van der Waals surface area contributed by atoms with Crippen molar-refractivity contribution in [2.75, 3.05) is 10.3 Å². The zero-order valence-electron chi connectivity index (χ0n) is 19.0. The molecule has 1 saturated carbocycles. The number of rotatable bonds is 8. The summed E-state index contributed by atoms with van der Waals surface area (Å²) in [4.78, 5) is 24.3. The molecule has 2 aliphatic rings. The van der Waals surface area contributed by atoms with Crippen LogP contribution in [0.15, 0.2) is 65.9 Å². The van der Waals surface area contributed by atoms with Gasteiger partial charge in [-0.15, -0.1) is 5.53 Å². The minimum Gasteiger partial charge on any atom is -0.618 e. The number of nitrogens with zero attached hydrogens (tertiary/aromatic N) is 3. The monoisotopic (exact) mass is 506 g/mol. The number of hydrogen-bond donors (Lipinski definition) is 4. The van der Waals surface area contributed by atoms with Crippen molar-refractivity contribution in [1.29, 1.82) is 0 Å². The summed E-state index contributed by atoms with van der Waals surface area (Å²) in [6.45, 7) is 0. The molecule has 1 atom stereocenters. The predicted octanol–water partition coefficient (Wildman–Crippen LogP) is 3.63. The van der Waals surface area contributed by atoms with Gasteiger partial charge in [-0.2, -0.15) is 9.83 Å². The molecule has 0 saturated heterocycles. The second-order valence-electron chi connectivity index (χ2n) is 8.77. The first-order valence-electron chi connectivity index (χ1n) is 11.4. The summed E-state index contributed by atoms with van der Waals surface area (Å²) < 4.78 is 0.740. The summed E-state index contributed by atoms with van der Waals surface area (Å²) in [6.07, 6.45) is 5.62. The number of nitrogens with one attached hydrogen (secondary N) is 3. The van der Waals surface area contributed by atoms with Crippen LogP contribution in [-0.4, -0.2) is 23.3 Å². The first kappa shape index (κ1) is 23.6. The Morgan fingerprint density at radius 3 is 2.61 bits per heavy atom. The van der Waals surface area contributed by atoms with Gasteiger partial charge in [0, 0.05) is 27.9 Å². The van der Waals surface area contributed by atoms with Gasteiger partial charge in [-0.3, -0.25) is 4.79 Å². The van der Waals surface area contributed by atoms with Gasteiger partial charge in [-0.05, 0) is 60.9 Å². The summed E-state index contributed by atoms with van der Waals surface area (Å²) >= 11 is 6.25. The third kappa shape index (κ3) is 5.09. The third-order valence-corrected chi connectivity index (χ3v) is 6.46. The van der Waals surface area contributed by atoms with Gasteiger partial charge < -0.3 is 15.6 Å². The number of benzene rings is 2. The summed E-state index contributed by atoms with van der Waals surface area (Å²) in [5.41, 5.74) is 8.52. The zero-order valence-corrected chi connectivity index (χ0v) is 19.8. The summed E-state index contributed by atoms with van der Waals surface area (Å²) in [5.74, 6) is -1.62. The molecule has 1 fully saturated rings. The molecule has 3 aromatic rings. The topological polar surface area (TPSA) is 133 Å². The molecule has 1 unspecified atom stereocenters. The van der Waals surface area contributed by atoms with E-state index in [2.05, 4.69) is 21.5 Å². The van der Waals surface area contributed by atoms with Crippen LogP contribution < -0.4 is 26.1 Å². The largest absolute Gasteiger partial charge is 0.618 e. The van der Waals surface area contributed by atoms with Crippen LogP contribution in [0, 0.1) is 11.1 Å². The molecule has 0 radical (unpaired) electrons. The van der Waals surface area contributed by atoms with E-state index in [1.165, 1.54) is 30.5 Å². The van der Waals surface area contributed by atoms with Crippen molar-refractivity contribution in [1.82, 2.24) is 11.1 Å². The molecule has 10 nitrogen and oxygen atoms in total. The molecule has 1 aromatic heterocycles. The fourth-order valence-corrected chi connectivity index (χ4v) is 4.34. The van der Waals surface area contributed by atoms with Crippen LogP contribution in [0.1, 0.15) is 41.2 Å². The number of hydrogen-bond acceptors (Lipinski definition) is 7. The number of halogens is 1. The van der Waals surface area contributed by atoms with Gasteiger partial charge in [-0.1, -0.05) is 24.4 Å².